The maximum Gasteiger partial charge on any atom is 0.166 e. The lowest BCUT2D eigenvalue weighted by Gasteiger charge is -2.23. The zero-order valence-corrected chi connectivity index (χ0v) is 12.8. The molecule has 0 bridgehead atoms. The van der Waals surface area contributed by atoms with Gasteiger partial charge in [0, 0.05) is 29.2 Å². The Bertz CT molecular complexity index is 474. The topological polar surface area (TPSA) is 26.3 Å². The summed E-state index contributed by atoms with van der Waals surface area (Å²) in [7, 11) is 0. The molecule has 3 heteroatoms. The first kappa shape index (κ1) is 13.8. The highest BCUT2D eigenvalue weighted by atomic mass is 79.9. The monoisotopic (exact) mass is 310 g/mol. The van der Waals surface area contributed by atoms with Crippen molar-refractivity contribution in [2.75, 3.05) is 13.2 Å². The summed E-state index contributed by atoms with van der Waals surface area (Å²) < 4.78 is 6.39. The van der Waals surface area contributed by atoms with Gasteiger partial charge in [0.25, 0.3) is 0 Å². The lowest BCUT2D eigenvalue weighted by atomic mass is 9.86. The number of rotatable bonds is 2. The van der Waals surface area contributed by atoms with Crippen LogP contribution >= 0.6 is 15.9 Å². The first-order valence-corrected chi connectivity index (χ1v) is 7.20. The zero-order chi connectivity index (χ0) is 13.3. The molecule has 98 valence electrons. The van der Waals surface area contributed by atoms with E-state index in [0.717, 1.165) is 34.0 Å². The molecular formula is C15H19BrO2. The number of carbonyl (C=O) groups excluding carboxylic acids is 1. The largest absolute Gasteiger partial charge is 0.381 e. The molecule has 1 aliphatic heterocycles. The van der Waals surface area contributed by atoms with Crippen LogP contribution in [0.25, 0.3) is 0 Å². The molecule has 0 atom stereocenters. The van der Waals surface area contributed by atoms with Gasteiger partial charge in [0.2, 0.25) is 0 Å². The second-order valence-electron chi connectivity index (χ2n) is 5.08. The fraction of sp³-hybridized carbons (Fsp3) is 0.533. The summed E-state index contributed by atoms with van der Waals surface area (Å²) in [6.45, 7) is 7.53. The summed E-state index contributed by atoms with van der Waals surface area (Å²) in [6.07, 6.45) is 1.70. The lowest BCUT2D eigenvalue weighted by molar-refractivity contribution is 0.0544. The van der Waals surface area contributed by atoms with Gasteiger partial charge in [-0.25, -0.2) is 0 Å². The van der Waals surface area contributed by atoms with Crippen LogP contribution in [0.1, 0.15) is 39.9 Å². The smallest absolute Gasteiger partial charge is 0.166 e. The summed E-state index contributed by atoms with van der Waals surface area (Å²) >= 11 is 3.58. The molecule has 0 saturated carbocycles. The number of halogens is 1. The van der Waals surface area contributed by atoms with Crippen LogP contribution in [0.5, 0.6) is 0 Å². The fourth-order valence-corrected chi connectivity index (χ4v) is 3.02. The summed E-state index contributed by atoms with van der Waals surface area (Å²) in [5.74, 6) is 0.416. The van der Waals surface area contributed by atoms with E-state index in [1.165, 1.54) is 5.56 Å². The van der Waals surface area contributed by atoms with E-state index < -0.39 is 0 Å². The minimum absolute atomic E-state index is 0.130. The van der Waals surface area contributed by atoms with Crippen LogP contribution in [0.3, 0.4) is 0 Å². The van der Waals surface area contributed by atoms with E-state index in [9.17, 15) is 4.79 Å². The fourth-order valence-electron chi connectivity index (χ4n) is 2.70. The van der Waals surface area contributed by atoms with Gasteiger partial charge in [-0.2, -0.15) is 0 Å². The third kappa shape index (κ3) is 2.52. The predicted octanol–water partition coefficient (Wildman–Crippen LogP) is 3.98. The molecule has 0 N–H and O–H groups in total. The Labute approximate surface area is 117 Å². The second kappa shape index (κ2) is 5.54. The molecule has 0 radical (unpaired) electrons. The van der Waals surface area contributed by atoms with E-state index in [2.05, 4.69) is 28.9 Å². The first-order valence-electron chi connectivity index (χ1n) is 6.40. The minimum atomic E-state index is 0.130. The number of ketones is 1. The summed E-state index contributed by atoms with van der Waals surface area (Å²) in [6, 6.07) is 2.09. The second-order valence-corrected chi connectivity index (χ2v) is 5.87. The highest BCUT2D eigenvalue weighted by Gasteiger charge is 2.26. The van der Waals surface area contributed by atoms with Gasteiger partial charge in [-0.3, -0.25) is 4.79 Å². The molecule has 0 amide bonds. The van der Waals surface area contributed by atoms with Gasteiger partial charge in [-0.1, -0.05) is 22.0 Å². The van der Waals surface area contributed by atoms with E-state index in [-0.39, 0.29) is 11.7 Å². The Hall–Kier alpha value is -0.670. The van der Waals surface area contributed by atoms with Crippen LogP contribution in [0, 0.1) is 26.7 Å². The number of hydrogen-bond donors (Lipinski definition) is 0. The molecule has 1 fully saturated rings. The molecule has 0 aliphatic carbocycles. The number of aryl methyl sites for hydroxylation is 2. The lowest BCUT2D eigenvalue weighted by Crippen LogP contribution is -2.25. The van der Waals surface area contributed by atoms with Gasteiger partial charge >= 0.3 is 0 Å². The van der Waals surface area contributed by atoms with Crippen molar-refractivity contribution >= 4 is 21.7 Å². The van der Waals surface area contributed by atoms with Crippen molar-refractivity contribution in [3.8, 4) is 0 Å². The molecule has 2 nitrogen and oxygen atoms in total. The Morgan fingerprint density at radius 2 is 1.83 bits per heavy atom. The Kier molecular flexibility index (Phi) is 4.23. The Morgan fingerprint density at radius 3 is 2.44 bits per heavy atom. The van der Waals surface area contributed by atoms with Crippen LogP contribution in [0.2, 0.25) is 0 Å². The number of carbonyl (C=O) groups is 1. The maximum atomic E-state index is 12.6. The van der Waals surface area contributed by atoms with E-state index in [4.69, 9.17) is 4.74 Å². The Balaban J connectivity index is 2.38. The van der Waals surface area contributed by atoms with E-state index in [1.807, 2.05) is 13.8 Å². The number of benzene rings is 1. The van der Waals surface area contributed by atoms with Gasteiger partial charge in [0.15, 0.2) is 5.78 Å². The number of Topliss-reactive ketones (excluding diaryl/α,β-unsaturated/α-hetero) is 1. The van der Waals surface area contributed by atoms with Crippen molar-refractivity contribution in [3.63, 3.8) is 0 Å². The first-order chi connectivity index (χ1) is 8.52. The quantitative estimate of drug-likeness (QED) is 0.772. The third-order valence-corrected chi connectivity index (χ3v) is 4.94. The summed E-state index contributed by atoms with van der Waals surface area (Å²) in [5, 5.41) is 0. The van der Waals surface area contributed by atoms with Gasteiger partial charge in [0.05, 0.1) is 0 Å². The molecule has 18 heavy (non-hydrogen) atoms. The minimum Gasteiger partial charge on any atom is -0.381 e. The average Bonchev–Trinajstić information content (AvgIpc) is 2.37. The molecule has 0 spiro atoms. The standard InChI is InChI=1S/C15H19BrO2/c1-9-8-10(2)14(16)11(3)13(9)15(17)12-4-6-18-7-5-12/h8,12H,4-7H2,1-3H3. The van der Waals surface area contributed by atoms with E-state index >= 15 is 0 Å². The molecule has 1 aromatic rings. The van der Waals surface area contributed by atoms with Gasteiger partial charge < -0.3 is 4.74 Å². The zero-order valence-electron chi connectivity index (χ0n) is 11.2. The van der Waals surface area contributed by atoms with Gasteiger partial charge in [0.1, 0.15) is 0 Å². The van der Waals surface area contributed by atoms with E-state index in [1.54, 1.807) is 0 Å². The summed E-state index contributed by atoms with van der Waals surface area (Å²) in [5.41, 5.74) is 4.25. The predicted molar refractivity (Wildman–Crippen MR) is 76.2 cm³/mol. The van der Waals surface area contributed by atoms with Crippen LogP contribution in [0.4, 0.5) is 0 Å². The van der Waals surface area contributed by atoms with Crippen molar-refractivity contribution in [2.45, 2.75) is 33.6 Å². The highest BCUT2D eigenvalue weighted by molar-refractivity contribution is 9.10. The van der Waals surface area contributed by atoms with Crippen LogP contribution < -0.4 is 0 Å². The summed E-state index contributed by atoms with van der Waals surface area (Å²) in [4.78, 5) is 12.6. The molecule has 1 aliphatic rings. The van der Waals surface area contributed by atoms with Crippen molar-refractivity contribution in [3.05, 3.63) is 32.8 Å². The third-order valence-electron chi connectivity index (χ3n) is 3.72. The van der Waals surface area contributed by atoms with E-state index in [0.29, 0.717) is 13.2 Å². The normalized spacial score (nSPS) is 16.9. The maximum absolute atomic E-state index is 12.6. The molecule has 1 saturated heterocycles. The molecule has 0 unspecified atom stereocenters. The van der Waals surface area contributed by atoms with Crippen molar-refractivity contribution < 1.29 is 9.53 Å². The van der Waals surface area contributed by atoms with Crippen LogP contribution in [-0.4, -0.2) is 19.0 Å². The molecule has 0 aromatic heterocycles. The average molecular weight is 311 g/mol. The highest BCUT2D eigenvalue weighted by Crippen LogP contribution is 2.30. The van der Waals surface area contributed by atoms with Crippen LogP contribution in [-0.2, 0) is 4.74 Å². The Morgan fingerprint density at radius 1 is 1.22 bits per heavy atom. The number of hydrogen-bond acceptors (Lipinski definition) is 2. The number of ether oxygens (including phenoxy) is 1. The molecular weight excluding hydrogens is 292 g/mol. The SMILES string of the molecule is Cc1cc(C)c(C(=O)C2CCOCC2)c(C)c1Br. The van der Waals surface area contributed by atoms with Crippen LogP contribution in [0.15, 0.2) is 10.5 Å². The van der Waals surface area contributed by atoms with Gasteiger partial charge in [-0.15, -0.1) is 0 Å². The van der Waals surface area contributed by atoms with Crippen molar-refractivity contribution in [1.29, 1.82) is 0 Å². The van der Waals surface area contributed by atoms with Crippen molar-refractivity contribution in [1.82, 2.24) is 0 Å². The van der Waals surface area contributed by atoms with Gasteiger partial charge in [-0.05, 0) is 50.3 Å². The molecule has 1 heterocycles. The molecule has 1 aromatic carbocycles. The molecule has 2 rings (SSSR count). The van der Waals surface area contributed by atoms with Crippen molar-refractivity contribution in [2.24, 2.45) is 5.92 Å².